The van der Waals surface area contributed by atoms with Crippen molar-refractivity contribution in [2.75, 3.05) is 26.7 Å². The lowest BCUT2D eigenvalue weighted by atomic mass is 9.83. The van der Waals surface area contributed by atoms with Crippen LogP contribution in [0.2, 0.25) is 0 Å². The number of hydrogen-bond acceptors (Lipinski definition) is 10. The largest absolute Gasteiger partial charge is 0.340 e. The number of fused-ring (bicyclic) bond motifs is 1. The van der Waals surface area contributed by atoms with E-state index in [9.17, 15) is 9.59 Å². The average Bonchev–Trinajstić information content (AvgIpc) is 3.68. The van der Waals surface area contributed by atoms with Gasteiger partial charge in [-0.25, -0.2) is 9.97 Å². The van der Waals surface area contributed by atoms with E-state index in [0.717, 1.165) is 109 Å². The predicted octanol–water partition coefficient (Wildman–Crippen LogP) is 6.07. The third kappa shape index (κ3) is 7.29. The van der Waals surface area contributed by atoms with Gasteiger partial charge in [-0.05, 0) is 91.0 Å². The second kappa shape index (κ2) is 15.2. The first-order valence-corrected chi connectivity index (χ1v) is 21.1. The molecule has 2 aromatic heterocycles. The molecule has 2 saturated carbocycles. The highest BCUT2D eigenvalue weighted by atomic mass is 16.9. The number of amides is 2. The topological polar surface area (TPSA) is 159 Å². The zero-order chi connectivity index (χ0) is 38.7. The summed E-state index contributed by atoms with van der Waals surface area (Å²) in [5, 5.41) is 6.64. The molecule has 6 aliphatic rings. The highest BCUT2D eigenvalue weighted by Gasteiger charge is 2.55. The average molecular weight is 779 g/mol. The summed E-state index contributed by atoms with van der Waals surface area (Å²) < 4.78 is 21.9. The maximum absolute atomic E-state index is 14.1. The third-order valence-electron chi connectivity index (χ3n) is 13.4. The standard InChI is InChI=1S/C43H54N8O6/c1-25(2)35(48-41-54-23-55-41)39(52)51-22-43(16-17-43)20-34(51)38-45-30-15-14-29(19-31(30)46-38)26-10-12-27(13-11-26)32-21-44-37(47-32)33-9-6-18-50(33)40(53)36(49-42-56-24-57-42)28-7-4-3-5-8-28/h10-15,19,21,25,28,33-36,41-42,48-49H,3-9,16-18,20,22-24H2,1-2H3,(H,44,47)(H,45,46)/t33-,34-,35-,36-/m0/s1. The summed E-state index contributed by atoms with van der Waals surface area (Å²) in [5.74, 6) is 2.21. The lowest BCUT2D eigenvalue weighted by molar-refractivity contribution is -0.336. The van der Waals surface area contributed by atoms with Crippen LogP contribution in [0.3, 0.4) is 0 Å². The molecule has 4 aromatic rings. The zero-order valence-corrected chi connectivity index (χ0v) is 32.9. The lowest BCUT2D eigenvalue weighted by Gasteiger charge is -2.38. The molecule has 0 unspecified atom stereocenters. The first-order valence-electron chi connectivity index (χ1n) is 21.1. The Hall–Kier alpha value is -4.18. The molecule has 0 radical (unpaired) electrons. The number of aromatic nitrogens is 4. The van der Waals surface area contributed by atoms with Gasteiger partial charge in [-0.2, -0.15) is 0 Å². The molecule has 2 aromatic carbocycles. The van der Waals surface area contributed by atoms with Gasteiger partial charge in [-0.3, -0.25) is 20.2 Å². The minimum absolute atomic E-state index is 0.0726. The van der Waals surface area contributed by atoms with E-state index >= 15 is 0 Å². The van der Waals surface area contributed by atoms with Crippen molar-refractivity contribution in [1.82, 2.24) is 40.4 Å². The van der Waals surface area contributed by atoms with Crippen LogP contribution in [0.1, 0.15) is 102 Å². The van der Waals surface area contributed by atoms with E-state index in [4.69, 9.17) is 28.9 Å². The number of H-pyrrole nitrogens is 2. The Labute approximate surface area is 332 Å². The Morgan fingerprint density at radius 1 is 0.789 bits per heavy atom. The van der Waals surface area contributed by atoms with E-state index in [1.807, 2.05) is 16.0 Å². The van der Waals surface area contributed by atoms with Crippen molar-refractivity contribution in [2.24, 2.45) is 17.3 Å². The molecule has 0 bridgehead atoms. The van der Waals surface area contributed by atoms with Crippen LogP contribution in [-0.2, 0) is 28.5 Å². The van der Waals surface area contributed by atoms with E-state index in [1.165, 1.54) is 6.42 Å². The molecule has 4 atom stereocenters. The molecule has 4 aliphatic heterocycles. The highest BCUT2D eigenvalue weighted by Crippen LogP contribution is 2.58. The Morgan fingerprint density at radius 2 is 1.51 bits per heavy atom. The van der Waals surface area contributed by atoms with E-state index in [0.29, 0.717) is 6.54 Å². The highest BCUT2D eigenvalue weighted by molar-refractivity contribution is 5.85. The van der Waals surface area contributed by atoms with E-state index in [1.54, 1.807) is 0 Å². The Kier molecular flexibility index (Phi) is 9.90. The monoisotopic (exact) mass is 778 g/mol. The number of nitrogens with one attached hydrogen (secondary N) is 4. The molecule has 14 heteroatoms. The summed E-state index contributed by atoms with van der Waals surface area (Å²) in [4.78, 5) is 49.3. The Balaban J connectivity index is 0.835. The van der Waals surface area contributed by atoms with E-state index in [-0.39, 0.29) is 60.8 Å². The fourth-order valence-corrected chi connectivity index (χ4v) is 9.79. The van der Waals surface area contributed by atoms with E-state index in [2.05, 4.69) is 76.9 Å². The van der Waals surface area contributed by atoms with Crippen LogP contribution in [0.4, 0.5) is 0 Å². The number of carbonyl (C=O) groups excluding carboxylic acids is 2. The van der Waals surface area contributed by atoms with Crippen molar-refractivity contribution < 1.29 is 28.5 Å². The quantitative estimate of drug-likeness (QED) is 0.133. The maximum atomic E-state index is 14.1. The summed E-state index contributed by atoms with van der Waals surface area (Å²) in [6.07, 6.45) is 11.5. The van der Waals surface area contributed by atoms with Gasteiger partial charge < -0.3 is 38.7 Å². The van der Waals surface area contributed by atoms with Gasteiger partial charge in [-0.15, -0.1) is 0 Å². The summed E-state index contributed by atoms with van der Waals surface area (Å²) in [5.41, 5.74) is 6.16. The fourth-order valence-electron chi connectivity index (χ4n) is 9.79. The first-order chi connectivity index (χ1) is 27.8. The molecule has 6 fully saturated rings. The van der Waals surface area contributed by atoms with Crippen molar-refractivity contribution in [3.8, 4) is 22.4 Å². The van der Waals surface area contributed by atoms with Gasteiger partial charge in [0.2, 0.25) is 24.6 Å². The van der Waals surface area contributed by atoms with Gasteiger partial charge in [0.1, 0.15) is 11.6 Å². The Morgan fingerprint density at radius 3 is 2.21 bits per heavy atom. The van der Waals surface area contributed by atoms with Gasteiger partial charge in [0.25, 0.3) is 0 Å². The van der Waals surface area contributed by atoms with Crippen molar-refractivity contribution >= 4 is 22.8 Å². The molecule has 2 amide bonds. The van der Waals surface area contributed by atoms with Gasteiger partial charge in [-0.1, -0.05) is 63.4 Å². The van der Waals surface area contributed by atoms with Crippen molar-refractivity contribution in [2.45, 2.75) is 115 Å². The first kappa shape index (κ1) is 37.1. The molecule has 57 heavy (non-hydrogen) atoms. The van der Waals surface area contributed by atoms with Crippen molar-refractivity contribution in [1.29, 1.82) is 0 Å². The Bertz CT molecular complexity index is 2080. The van der Waals surface area contributed by atoms with Crippen LogP contribution in [0.15, 0.2) is 48.7 Å². The number of imidazole rings is 2. The van der Waals surface area contributed by atoms with Crippen LogP contribution in [0.5, 0.6) is 0 Å². The van der Waals surface area contributed by atoms with Crippen LogP contribution >= 0.6 is 0 Å². The van der Waals surface area contributed by atoms with Gasteiger partial charge >= 0.3 is 0 Å². The summed E-state index contributed by atoms with van der Waals surface area (Å²) >= 11 is 0. The smallest absolute Gasteiger partial charge is 0.240 e. The van der Waals surface area contributed by atoms with Crippen molar-refractivity contribution in [3.63, 3.8) is 0 Å². The molecule has 4 N–H and O–H groups in total. The van der Waals surface area contributed by atoms with Gasteiger partial charge in [0, 0.05) is 13.1 Å². The number of nitrogens with zero attached hydrogens (tertiary/aromatic N) is 4. The molecule has 1 spiro atoms. The van der Waals surface area contributed by atoms with Gasteiger partial charge in [0.15, 0.2) is 13.6 Å². The van der Waals surface area contributed by atoms with Crippen LogP contribution < -0.4 is 10.6 Å². The molecule has 10 rings (SSSR count). The van der Waals surface area contributed by atoms with Crippen LogP contribution in [0.25, 0.3) is 33.4 Å². The zero-order valence-electron chi connectivity index (χ0n) is 32.9. The summed E-state index contributed by atoms with van der Waals surface area (Å²) in [6.45, 7) is 6.09. The van der Waals surface area contributed by atoms with Crippen LogP contribution in [-0.4, -0.2) is 93.1 Å². The number of likely N-dealkylation sites (tertiary alicyclic amines) is 2. The molecule has 302 valence electrons. The second-order valence-corrected chi connectivity index (χ2v) is 17.5. The minimum atomic E-state index is -0.538. The SMILES string of the molecule is CC(C)[C@H](NC1OCO1)C(=O)N1CC2(CC2)C[C@H]1c1nc2ccc(-c3ccc(-c4cnc([C@@H]5CCCN5C(=O)[C@@H](NC5OCO5)C5CCCCC5)[nH]4)cc3)cc2[nH]1. The predicted molar refractivity (Wildman–Crippen MR) is 210 cm³/mol. The molecule has 14 nitrogen and oxygen atoms in total. The molecular formula is C43H54N8O6. The maximum Gasteiger partial charge on any atom is 0.240 e. The van der Waals surface area contributed by atoms with E-state index < -0.39 is 18.9 Å². The molecule has 2 aliphatic carbocycles. The number of carbonyl (C=O) groups is 2. The number of benzene rings is 2. The molecule has 4 saturated heterocycles. The molecular weight excluding hydrogens is 725 g/mol. The number of rotatable bonds is 12. The third-order valence-corrected chi connectivity index (χ3v) is 13.4. The number of ether oxygens (including phenoxy) is 4. The number of hydrogen-bond donors (Lipinski definition) is 4. The fraction of sp³-hybridized carbons (Fsp3) is 0.581. The second-order valence-electron chi connectivity index (χ2n) is 17.5. The minimum Gasteiger partial charge on any atom is -0.340 e. The molecule has 6 heterocycles. The lowest BCUT2D eigenvalue weighted by Crippen LogP contribution is -2.57. The normalized spacial score (nSPS) is 25.0. The summed E-state index contributed by atoms with van der Waals surface area (Å²) in [6, 6.07) is 13.9. The van der Waals surface area contributed by atoms with Crippen LogP contribution in [0, 0.1) is 17.3 Å². The van der Waals surface area contributed by atoms with Gasteiger partial charge in [0.05, 0.1) is 47.1 Å². The van der Waals surface area contributed by atoms with Crippen molar-refractivity contribution in [3.05, 3.63) is 60.3 Å². The summed E-state index contributed by atoms with van der Waals surface area (Å²) in [7, 11) is 0. The number of aromatic amines is 2.